The van der Waals surface area contributed by atoms with Crippen molar-refractivity contribution in [2.24, 2.45) is 5.10 Å². The number of anilines is 1. The van der Waals surface area contributed by atoms with Gasteiger partial charge >= 0.3 is 0 Å². The molecule has 1 amide bonds. The summed E-state index contributed by atoms with van der Waals surface area (Å²) in [5.41, 5.74) is 5.60. The van der Waals surface area contributed by atoms with E-state index in [1.807, 2.05) is 44.2 Å². The van der Waals surface area contributed by atoms with Crippen LogP contribution in [0.25, 0.3) is 0 Å². The quantitative estimate of drug-likeness (QED) is 0.355. The maximum absolute atomic E-state index is 12.3. The first-order valence-electron chi connectivity index (χ1n) is 9.80. The lowest BCUT2D eigenvalue weighted by atomic mass is 10.1. The maximum atomic E-state index is 12.3. The number of hydrazone groups is 1. The van der Waals surface area contributed by atoms with E-state index >= 15 is 0 Å². The molecule has 8 heteroatoms. The maximum Gasteiger partial charge on any atom is 0.260 e. The number of aryl methyl sites for hydroxylation is 2. The molecule has 0 aromatic heterocycles. The lowest BCUT2D eigenvalue weighted by Crippen LogP contribution is -2.39. The lowest BCUT2D eigenvalue weighted by Gasteiger charge is -2.22. The Balaban J connectivity index is 1.98. The van der Waals surface area contributed by atoms with Crippen LogP contribution in [0.15, 0.2) is 47.6 Å². The summed E-state index contributed by atoms with van der Waals surface area (Å²) in [5, 5.41) is 3.92. The molecule has 7 nitrogen and oxygen atoms in total. The van der Waals surface area contributed by atoms with Crippen LogP contribution < -0.4 is 14.5 Å². The number of benzene rings is 2. The highest BCUT2D eigenvalue weighted by molar-refractivity contribution is 7.92. The predicted molar refractivity (Wildman–Crippen MR) is 121 cm³/mol. The zero-order valence-electron chi connectivity index (χ0n) is 17.9. The second-order valence-electron chi connectivity index (χ2n) is 7.10. The van der Waals surface area contributed by atoms with Gasteiger partial charge < -0.3 is 4.74 Å². The van der Waals surface area contributed by atoms with E-state index in [2.05, 4.69) is 17.5 Å². The fraction of sp³-hybridized carbons (Fsp3) is 0.364. The van der Waals surface area contributed by atoms with E-state index in [-0.39, 0.29) is 6.54 Å². The van der Waals surface area contributed by atoms with Gasteiger partial charge in [-0.3, -0.25) is 9.10 Å². The average molecular weight is 432 g/mol. The summed E-state index contributed by atoms with van der Waals surface area (Å²) in [6.07, 6.45) is 4.64. The lowest BCUT2D eigenvalue weighted by molar-refractivity contribution is -0.119. The van der Waals surface area contributed by atoms with Gasteiger partial charge in [-0.2, -0.15) is 5.10 Å². The number of carbonyl (C=O) groups excluding carboxylic acids is 1. The smallest absolute Gasteiger partial charge is 0.260 e. The Morgan fingerprint density at radius 1 is 1.13 bits per heavy atom. The van der Waals surface area contributed by atoms with Crippen molar-refractivity contribution in [2.45, 2.75) is 33.6 Å². The Labute approximate surface area is 178 Å². The van der Waals surface area contributed by atoms with Crippen LogP contribution in [0.3, 0.4) is 0 Å². The van der Waals surface area contributed by atoms with Crippen LogP contribution in [0.4, 0.5) is 5.69 Å². The van der Waals surface area contributed by atoms with Crippen molar-refractivity contribution >= 4 is 27.8 Å². The number of hydrogen-bond acceptors (Lipinski definition) is 5. The summed E-state index contributed by atoms with van der Waals surface area (Å²) in [7, 11) is -3.63. The Morgan fingerprint density at radius 2 is 1.83 bits per heavy atom. The summed E-state index contributed by atoms with van der Waals surface area (Å²) in [4.78, 5) is 12.3. The molecule has 0 spiro atoms. The van der Waals surface area contributed by atoms with Gasteiger partial charge in [-0.25, -0.2) is 13.8 Å². The van der Waals surface area contributed by atoms with Crippen LogP contribution in [0, 0.1) is 13.8 Å². The molecule has 0 aliphatic heterocycles. The molecule has 0 unspecified atom stereocenters. The summed E-state index contributed by atoms with van der Waals surface area (Å²) in [6, 6.07) is 12.6. The molecule has 2 aromatic rings. The van der Waals surface area contributed by atoms with E-state index < -0.39 is 15.9 Å². The number of carbonyl (C=O) groups is 1. The van der Waals surface area contributed by atoms with Gasteiger partial charge in [0.2, 0.25) is 10.0 Å². The van der Waals surface area contributed by atoms with Crippen molar-refractivity contribution in [3.8, 4) is 5.75 Å². The molecule has 0 radical (unpaired) electrons. The molecule has 0 atom stereocenters. The number of nitrogens with one attached hydrogen (secondary N) is 1. The van der Waals surface area contributed by atoms with Crippen LogP contribution in [-0.4, -0.2) is 39.9 Å². The summed E-state index contributed by atoms with van der Waals surface area (Å²) in [6.45, 7) is 6.26. The number of rotatable bonds is 10. The fourth-order valence-corrected chi connectivity index (χ4v) is 3.46. The summed E-state index contributed by atoms with van der Waals surface area (Å²) >= 11 is 0. The van der Waals surface area contributed by atoms with E-state index in [1.54, 1.807) is 12.1 Å². The minimum Gasteiger partial charge on any atom is -0.494 e. The van der Waals surface area contributed by atoms with Gasteiger partial charge in [-0.1, -0.05) is 19.4 Å². The molecule has 0 aliphatic rings. The molecule has 162 valence electrons. The topological polar surface area (TPSA) is 88.1 Å². The highest BCUT2D eigenvalue weighted by Crippen LogP contribution is 2.21. The third-order valence-corrected chi connectivity index (χ3v) is 5.66. The molecular formula is C22H29N3O4S. The number of unbranched alkanes of at least 4 members (excludes halogenated alkanes) is 1. The van der Waals surface area contributed by atoms with E-state index in [9.17, 15) is 13.2 Å². The number of amides is 1. The monoisotopic (exact) mass is 431 g/mol. The molecule has 0 saturated carbocycles. The van der Waals surface area contributed by atoms with E-state index in [4.69, 9.17) is 4.74 Å². The van der Waals surface area contributed by atoms with E-state index in [0.29, 0.717) is 12.3 Å². The molecule has 0 saturated heterocycles. The van der Waals surface area contributed by atoms with Crippen molar-refractivity contribution in [1.29, 1.82) is 0 Å². The van der Waals surface area contributed by atoms with Gasteiger partial charge in [0.1, 0.15) is 12.3 Å². The molecule has 30 heavy (non-hydrogen) atoms. The fourth-order valence-electron chi connectivity index (χ4n) is 2.61. The SMILES string of the molecule is CCCCOc1ccc(/C=N\NC(=O)CN(c2ccc(C)c(C)c2)S(C)(=O)=O)cc1. The number of hydrogen-bond donors (Lipinski definition) is 1. The van der Waals surface area contributed by atoms with Gasteiger partial charge in [0.05, 0.1) is 24.8 Å². The molecule has 1 N–H and O–H groups in total. The van der Waals surface area contributed by atoms with Crippen LogP contribution in [0.1, 0.15) is 36.5 Å². The second-order valence-corrected chi connectivity index (χ2v) is 9.01. The zero-order chi connectivity index (χ0) is 22.1. The van der Waals surface area contributed by atoms with E-state index in [1.165, 1.54) is 6.21 Å². The summed E-state index contributed by atoms with van der Waals surface area (Å²) in [5.74, 6) is 0.247. The Kier molecular flexibility index (Phi) is 8.41. The second kappa shape index (κ2) is 10.8. The minimum absolute atomic E-state index is 0.358. The number of nitrogens with zero attached hydrogens (tertiary/aromatic N) is 2. The van der Waals surface area contributed by atoms with E-state index in [0.717, 1.165) is 45.8 Å². The summed E-state index contributed by atoms with van der Waals surface area (Å²) < 4.78 is 31.0. The Bertz CT molecular complexity index is 986. The minimum atomic E-state index is -3.63. The van der Waals surface area contributed by atoms with Crippen LogP contribution in [0.5, 0.6) is 5.75 Å². The van der Waals surface area contributed by atoms with Crippen LogP contribution in [0.2, 0.25) is 0 Å². The molecule has 0 bridgehead atoms. The molecule has 0 fully saturated rings. The highest BCUT2D eigenvalue weighted by atomic mass is 32.2. The Hall–Kier alpha value is -2.87. The first kappa shape index (κ1) is 23.4. The van der Waals surface area contributed by atoms with Gasteiger partial charge in [0.15, 0.2) is 0 Å². The predicted octanol–water partition coefficient (Wildman–Crippen LogP) is 3.40. The van der Waals surface area contributed by atoms with Crippen molar-refractivity contribution in [2.75, 3.05) is 23.7 Å². The first-order valence-corrected chi connectivity index (χ1v) is 11.6. The number of ether oxygens (including phenoxy) is 1. The molecule has 0 aliphatic carbocycles. The van der Waals surface area contributed by atoms with Crippen molar-refractivity contribution in [1.82, 2.24) is 5.43 Å². The van der Waals surface area contributed by atoms with Gasteiger partial charge in [-0.15, -0.1) is 0 Å². The van der Waals surface area contributed by atoms with Crippen molar-refractivity contribution in [3.63, 3.8) is 0 Å². The van der Waals surface area contributed by atoms with Gasteiger partial charge in [0, 0.05) is 0 Å². The highest BCUT2D eigenvalue weighted by Gasteiger charge is 2.21. The molecule has 0 heterocycles. The largest absolute Gasteiger partial charge is 0.494 e. The third kappa shape index (κ3) is 7.18. The third-order valence-electron chi connectivity index (χ3n) is 4.52. The van der Waals surface area contributed by atoms with Crippen LogP contribution >= 0.6 is 0 Å². The standard InChI is InChI=1S/C22H29N3O4S/c1-5-6-13-29-21-11-8-19(9-12-21)15-23-24-22(26)16-25(30(4,27)28)20-10-7-17(2)18(3)14-20/h7-12,14-15H,5-6,13,16H2,1-4H3,(H,24,26)/b23-15-. The Morgan fingerprint density at radius 3 is 2.43 bits per heavy atom. The molecular weight excluding hydrogens is 402 g/mol. The zero-order valence-corrected chi connectivity index (χ0v) is 18.7. The first-order chi connectivity index (χ1) is 14.2. The normalized spacial score (nSPS) is 11.5. The van der Waals surface area contributed by atoms with Gasteiger partial charge in [-0.05, 0) is 73.4 Å². The molecule has 2 aromatic carbocycles. The molecule has 2 rings (SSSR count). The van der Waals surface area contributed by atoms with Crippen molar-refractivity contribution in [3.05, 3.63) is 59.2 Å². The van der Waals surface area contributed by atoms with Crippen LogP contribution in [-0.2, 0) is 14.8 Å². The average Bonchev–Trinajstić information content (AvgIpc) is 2.69. The number of sulfonamides is 1. The van der Waals surface area contributed by atoms with Gasteiger partial charge in [0.25, 0.3) is 5.91 Å². The van der Waals surface area contributed by atoms with Crippen molar-refractivity contribution < 1.29 is 17.9 Å².